The molecule has 1 aliphatic heterocycles. The summed E-state index contributed by atoms with van der Waals surface area (Å²) < 4.78 is 5.50. The lowest BCUT2D eigenvalue weighted by Gasteiger charge is -2.38. The van der Waals surface area contributed by atoms with Crippen molar-refractivity contribution < 1.29 is 19.2 Å². The first-order valence-electron chi connectivity index (χ1n) is 10.1. The average Bonchev–Trinajstić information content (AvgIpc) is 2.74. The molecular weight excluding hydrogens is 384 g/mol. The van der Waals surface area contributed by atoms with Crippen LogP contribution in [0.1, 0.15) is 44.1 Å². The summed E-state index contributed by atoms with van der Waals surface area (Å²) in [6.45, 7) is 2.48. The van der Waals surface area contributed by atoms with E-state index in [1.165, 1.54) is 12.1 Å². The van der Waals surface area contributed by atoms with Gasteiger partial charge >= 0.3 is 0 Å². The lowest BCUT2D eigenvalue weighted by molar-refractivity contribution is -0.384. The number of ketones is 1. The Morgan fingerprint density at radius 1 is 1.07 bits per heavy atom. The minimum atomic E-state index is -0.474. The van der Waals surface area contributed by atoms with Crippen LogP contribution in [0.4, 0.5) is 11.4 Å². The third-order valence-corrected chi connectivity index (χ3v) is 5.59. The van der Waals surface area contributed by atoms with E-state index >= 15 is 0 Å². The summed E-state index contributed by atoms with van der Waals surface area (Å²) in [6.07, 6.45) is 1.95. The maximum atomic E-state index is 13.2. The normalized spacial score (nSPS) is 19.0. The predicted molar refractivity (Wildman–Crippen MR) is 111 cm³/mol. The van der Waals surface area contributed by atoms with E-state index in [-0.39, 0.29) is 29.7 Å². The van der Waals surface area contributed by atoms with Gasteiger partial charge in [0.05, 0.1) is 11.5 Å². The van der Waals surface area contributed by atoms with Crippen molar-refractivity contribution in [1.82, 2.24) is 0 Å². The second kappa shape index (κ2) is 8.10. The van der Waals surface area contributed by atoms with Crippen molar-refractivity contribution >= 4 is 23.1 Å². The SMILES string of the molecule is CCOc1ccc(C2CC(=O)N(c3ccc([N+](=O)[O-])cc3)C3=C2C(=O)CCC3)cc1. The number of carbonyl (C=O) groups excluding carboxylic acids is 2. The zero-order chi connectivity index (χ0) is 21.3. The maximum Gasteiger partial charge on any atom is 0.269 e. The van der Waals surface area contributed by atoms with Crippen LogP contribution in [0.25, 0.3) is 0 Å². The molecular formula is C23H22N2O5. The summed E-state index contributed by atoms with van der Waals surface area (Å²) in [4.78, 5) is 38.1. The van der Waals surface area contributed by atoms with Gasteiger partial charge in [-0.3, -0.25) is 24.6 Å². The molecule has 0 aromatic heterocycles. The van der Waals surface area contributed by atoms with Gasteiger partial charge in [0.15, 0.2) is 5.78 Å². The first-order valence-corrected chi connectivity index (χ1v) is 10.1. The molecule has 1 heterocycles. The Labute approximate surface area is 174 Å². The van der Waals surface area contributed by atoms with Gasteiger partial charge in [0.25, 0.3) is 5.69 Å². The molecule has 30 heavy (non-hydrogen) atoms. The van der Waals surface area contributed by atoms with Crippen molar-refractivity contribution in [2.24, 2.45) is 0 Å². The smallest absolute Gasteiger partial charge is 0.269 e. The van der Waals surface area contributed by atoms with E-state index in [0.29, 0.717) is 37.1 Å². The molecule has 1 atom stereocenters. The van der Waals surface area contributed by atoms with Crippen molar-refractivity contribution in [3.8, 4) is 5.75 Å². The molecule has 0 saturated heterocycles. The fraction of sp³-hybridized carbons (Fsp3) is 0.304. The van der Waals surface area contributed by atoms with E-state index < -0.39 is 4.92 Å². The van der Waals surface area contributed by atoms with Gasteiger partial charge in [-0.1, -0.05) is 12.1 Å². The van der Waals surface area contributed by atoms with Gasteiger partial charge in [-0.15, -0.1) is 0 Å². The minimum Gasteiger partial charge on any atom is -0.494 e. The number of nitrogens with zero attached hydrogens (tertiary/aromatic N) is 2. The fourth-order valence-corrected chi connectivity index (χ4v) is 4.26. The number of allylic oxidation sites excluding steroid dienone is 2. The van der Waals surface area contributed by atoms with Crippen LogP contribution in [-0.4, -0.2) is 23.2 Å². The second-order valence-electron chi connectivity index (χ2n) is 7.40. The summed E-state index contributed by atoms with van der Waals surface area (Å²) in [6, 6.07) is 13.4. The molecule has 4 rings (SSSR count). The minimum absolute atomic E-state index is 0.0376. The van der Waals surface area contributed by atoms with Crippen molar-refractivity contribution in [2.45, 2.75) is 38.5 Å². The Morgan fingerprint density at radius 3 is 2.40 bits per heavy atom. The van der Waals surface area contributed by atoms with E-state index in [4.69, 9.17) is 4.74 Å². The van der Waals surface area contributed by atoms with Crippen LogP contribution in [0.5, 0.6) is 5.75 Å². The molecule has 1 amide bonds. The quantitative estimate of drug-likeness (QED) is 0.538. The van der Waals surface area contributed by atoms with Crippen molar-refractivity contribution in [3.63, 3.8) is 0 Å². The van der Waals surface area contributed by atoms with Crippen LogP contribution in [0.2, 0.25) is 0 Å². The molecule has 2 aromatic carbocycles. The molecule has 0 saturated carbocycles. The van der Waals surface area contributed by atoms with Gasteiger partial charge in [0.2, 0.25) is 5.91 Å². The summed E-state index contributed by atoms with van der Waals surface area (Å²) in [5.41, 5.74) is 2.83. The molecule has 154 valence electrons. The highest BCUT2D eigenvalue weighted by atomic mass is 16.6. The topological polar surface area (TPSA) is 89.8 Å². The number of benzene rings is 2. The van der Waals surface area contributed by atoms with Crippen molar-refractivity contribution in [2.75, 3.05) is 11.5 Å². The summed E-state index contributed by atoms with van der Waals surface area (Å²) in [5, 5.41) is 11.0. The Bertz CT molecular complexity index is 1020. The van der Waals surface area contributed by atoms with Crippen molar-refractivity contribution in [1.29, 1.82) is 0 Å². The largest absolute Gasteiger partial charge is 0.494 e. The molecule has 1 unspecified atom stereocenters. The Hall–Kier alpha value is -3.48. The standard InChI is InChI=1S/C23H22N2O5/c1-2-30-18-12-6-15(7-13-18)19-14-22(27)24(20-4-3-5-21(26)23(19)20)16-8-10-17(11-9-16)25(28)29/h6-13,19H,2-5,14H2,1H3. The monoisotopic (exact) mass is 406 g/mol. The lowest BCUT2D eigenvalue weighted by atomic mass is 9.77. The molecule has 0 spiro atoms. The number of ether oxygens (including phenoxy) is 1. The maximum absolute atomic E-state index is 13.2. The second-order valence-corrected chi connectivity index (χ2v) is 7.40. The van der Waals surface area contributed by atoms with E-state index in [1.54, 1.807) is 17.0 Å². The van der Waals surface area contributed by atoms with Crippen molar-refractivity contribution in [3.05, 3.63) is 75.5 Å². The summed E-state index contributed by atoms with van der Waals surface area (Å²) in [7, 11) is 0. The molecule has 1 aliphatic carbocycles. The van der Waals surface area contributed by atoms with E-state index in [1.807, 2.05) is 31.2 Å². The van der Waals surface area contributed by atoms with Gasteiger partial charge in [0.1, 0.15) is 5.75 Å². The molecule has 2 aliphatic rings. The molecule has 7 heteroatoms. The Balaban J connectivity index is 1.75. The Kier molecular flexibility index (Phi) is 5.35. The van der Waals surface area contributed by atoms with E-state index in [9.17, 15) is 19.7 Å². The van der Waals surface area contributed by atoms with Crippen LogP contribution < -0.4 is 9.64 Å². The number of hydrogen-bond acceptors (Lipinski definition) is 5. The molecule has 0 N–H and O–H groups in total. The molecule has 0 bridgehead atoms. The highest BCUT2D eigenvalue weighted by Gasteiger charge is 2.39. The third-order valence-electron chi connectivity index (χ3n) is 5.59. The van der Waals surface area contributed by atoms with E-state index in [2.05, 4.69) is 0 Å². The molecule has 2 aromatic rings. The van der Waals surface area contributed by atoms with Crippen LogP contribution >= 0.6 is 0 Å². The molecule has 7 nitrogen and oxygen atoms in total. The van der Waals surface area contributed by atoms with Crippen LogP contribution in [0.15, 0.2) is 59.8 Å². The van der Waals surface area contributed by atoms with Gasteiger partial charge in [0, 0.05) is 47.8 Å². The summed E-state index contributed by atoms with van der Waals surface area (Å²) >= 11 is 0. The number of anilines is 1. The number of rotatable bonds is 5. The zero-order valence-electron chi connectivity index (χ0n) is 16.7. The zero-order valence-corrected chi connectivity index (χ0v) is 16.7. The predicted octanol–water partition coefficient (Wildman–Crippen LogP) is 4.52. The van der Waals surface area contributed by atoms with Gasteiger partial charge < -0.3 is 4.74 Å². The highest BCUT2D eigenvalue weighted by Crippen LogP contribution is 2.43. The van der Waals surface area contributed by atoms with Crippen LogP contribution in [-0.2, 0) is 9.59 Å². The van der Waals surface area contributed by atoms with Gasteiger partial charge in [-0.2, -0.15) is 0 Å². The first kappa shape index (κ1) is 19.8. The third kappa shape index (κ3) is 3.58. The molecule has 0 fully saturated rings. The first-order chi connectivity index (χ1) is 14.5. The van der Waals surface area contributed by atoms with Crippen LogP contribution in [0, 0.1) is 10.1 Å². The Morgan fingerprint density at radius 2 is 1.77 bits per heavy atom. The van der Waals surface area contributed by atoms with Gasteiger partial charge in [-0.25, -0.2) is 0 Å². The van der Waals surface area contributed by atoms with Gasteiger partial charge in [-0.05, 0) is 49.6 Å². The lowest BCUT2D eigenvalue weighted by Crippen LogP contribution is -2.40. The average molecular weight is 406 g/mol. The summed E-state index contributed by atoms with van der Waals surface area (Å²) in [5.74, 6) is 0.413. The number of Topliss-reactive ketones (excluding diaryl/α,β-unsaturated/α-hetero) is 1. The number of nitro groups is 1. The number of carbonyl (C=O) groups is 2. The number of amides is 1. The van der Waals surface area contributed by atoms with E-state index in [0.717, 1.165) is 17.0 Å². The number of hydrogen-bond donors (Lipinski definition) is 0. The fourth-order valence-electron chi connectivity index (χ4n) is 4.26. The number of non-ortho nitro benzene ring substituents is 1. The highest BCUT2D eigenvalue weighted by molar-refractivity contribution is 6.07. The van der Waals surface area contributed by atoms with Crippen LogP contribution in [0.3, 0.4) is 0 Å². The molecule has 0 radical (unpaired) electrons. The number of nitro benzene ring substituents is 1.